The monoisotopic (exact) mass is 418 g/mol. The highest BCUT2D eigenvalue weighted by Crippen LogP contribution is 2.23. The number of morpholine rings is 1. The zero-order valence-corrected chi connectivity index (χ0v) is 18.2. The van der Waals surface area contributed by atoms with Crippen LogP contribution in [-0.2, 0) is 4.74 Å². The van der Waals surface area contributed by atoms with Crippen LogP contribution in [0, 0.1) is 5.92 Å². The number of para-hydroxylation sites is 1. The fraction of sp³-hybridized carbons (Fsp3) is 0.360. The lowest BCUT2D eigenvalue weighted by molar-refractivity contribution is -0.0295. The average Bonchev–Trinajstić information content (AvgIpc) is 3.24. The Kier molecular flexibility index (Phi) is 6.79. The molecule has 162 valence electrons. The van der Waals surface area contributed by atoms with Gasteiger partial charge >= 0.3 is 0 Å². The predicted octanol–water partition coefficient (Wildman–Crippen LogP) is 3.63. The van der Waals surface area contributed by atoms with Gasteiger partial charge in [-0.2, -0.15) is 5.10 Å². The smallest absolute Gasteiger partial charge is 0.255 e. The summed E-state index contributed by atoms with van der Waals surface area (Å²) >= 11 is 0. The zero-order chi connectivity index (χ0) is 21.6. The SMILES string of the molecule is CC(C)CN1CCOC(CNC(=O)c2cn(-c3ccccc3)nc2-c2ccccc2)C1. The number of amides is 1. The van der Waals surface area contributed by atoms with E-state index in [9.17, 15) is 4.79 Å². The Morgan fingerprint density at radius 2 is 1.84 bits per heavy atom. The predicted molar refractivity (Wildman–Crippen MR) is 122 cm³/mol. The van der Waals surface area contributed by atoms with Gasteiger partial charge in [0.1, 0.15) is 5.69 Å². The minimum atomic E-state index is -0.134. The Hall–Kier alpha value is -2.96. The molecule has 6 heteroatoms. The van der Waals surface area contributed by atoms with Gasteiger partial charge in [-0.1, -0.05) is 62.4 Å². The number of nitrogens with zero attached hydrogens (tertiary/aromatic N) is 3. The highest BCUT2D eigenvalue weighted by atomic mass is 16.5. The first kappa shape index (κ1) is 21.3. The molecule has 0 saturated carbocycles. The third-order valence-corrected chi connectivity index (χ3v) is 5.36. The largest absolute Gasteiger partial charge is 0.374 e. The van der Waals surface area contributed by atoms with Gasteiger partial charge in [0.05, 0.1) is 24.0 Å². The normalized spacial score (nSPS) is 17.1. The minimum absolute atomic E-state index is 0.000735. The van der Waals surface area contributed by atoms with Crippen LogP contribution in [0.3, 0.4) is 0 Å². The van der Waals surface area contributed by atoms with Gasteiger partial charge in [0, 0.05) is 37.9 Å². The third kappa shape index (κ3) is 5.40. The number of hydrogen-bond acceptors (Lipinski definition) is 4. The minimum Gasteiger partial charge on any atom is -0.374 e. The molecule has 4 rings (SSSR count). The lowest BCUT2D eigenvalue weighted by atomic mass is 10.1. The second kappa shape index (κ2) is 9.90. The van der Waals surface area contributed by atoms with E-state index in [1.54, 1.807) is 10.9 Å². The van der Waals surface area contributed by atoms with Gasteiger partial charge < -0.3 is 10.1 Å². The van der Waals surface area contributed by atoms with Crippen molar-refractivity contribution >= 4 is 5.91 Å². The van der Waals surface area contributed by atoms with Gasteiger partial charge in [-0.05, 0) is 18.1 Å². The Balaban J connectivity index is 1.51. The lowest BCUT2D eigenvalue weighted by Crippen LogP contribution is -2.48. The van der Waals surface area contributed by atoms with E-state index in [0.29, 0.717) is 30.3 Å². The standard InChI is InChI=1S/C25H30N4O2/c1-19(2)16-28-13-14-31-22(17-28)15-26-25(30)23-18-29(21-11-7-4-8-12-21)27-24(23)20-9-5-3-6-10-20/h3-12,18-19,22H,13-17H2,1-2H3,(H,26,30). The maximum atomic E-state index is 13.2. The maximum absolute atomic E-state index is 13.2. The summed E-state index contributed by atoms with van der Waals surface area (Å²) in [5, 5.41) is 7.80. The summed E-state index contributed by atoms with van der Waals surface area (Å²) in [7, 11) is 0. The quantitative estimate of drug-likeness (QED) is 0.637. The van der Waals surface area contributed by atoms with E-state index in [1.165, 1.54) is 0 Å². The Labute approximate surface area is 183 Å². The molecule has 2 heterocycles. The molecule has 0 radical (unpaired) electrons. The second-order valence-corrected chi connectivity index (χ2v) is 8.39. The van der Waals surface area contributed by atoms with E-state index in [1.807, 2.05) is 60.7 Å². The number of rotatable bonds is 7. The molecule has 6 nitrogen and oxygen atoms in total. The van der Waals surface area contributed by atoms with Crippen LogP contribution in [0.4, 0.5) is 0 Å². The summed E-state index contributed by atoms with van der Waals surface area (Å²) in [4.78, 5) is 15.6. The molecule has 1 aromatic heterocycles. The van der Waals surface area contributed by atoms with E-state index in [4.69, 9.17) is 9.84 Å². The fourth-order valence-electron chi connectivity index (χ4n) is 3.95. The maximum Gasteiger partial charge on any atom is 0.255 e. The van der Waals surface area contributed by atoms with Crippen LogP contribution in [0.25, 0.3) is 16.9 Å². The van der Waals surface area contributed by atoms with Crippen molar-refractivity contribution in [3.8, 4) is 16.9 Å². The number of carbonyl (C=O) groups excluding carboxylic acids is 1. The molecule has 31 heavy (non-hydrogen) atoms. The number of aromatic nitrogens is 2. The summed E-state index contributed by atoms with van der Waals surface area (Å²) in [6, 6.07) is 19.7. The first-order valence-electron chi connectivity index (χ1n) is 10.9. The van der Waals surface area contributed by atoms with Crippen molar-refractivity contribution in [1.82, 2.24) is 20.0 Å². The highest BCUT2D eigenvalue weighted by molar-refractivity contribution is 5.99. The Morgan fingerprint density at radius 3 is 2.55 bits per heavy atom. The van der Waals surface area contributed by atoms with E-state index in [-0.39, 0.29) is 12.0 Å². The van der Waals surface area contributed by atoms with Crippen molar-refractivity contribution in [3.63, 3.8) is 0 Å². The third-order valence-electron chi connectivity index (χ3n) is 5.36. The van der Waals surface area contributed by atoms with E-state index < -0.39 is 0 Å². The number of nitrogens with one attached hydrogen (secondary N) is 1. The van der Waals surface area contributed by atoms with Crippen LogP contribution in [0.5, 0.6) is 0 Å². The highest BCUT2D eigenvalue weighted by Gasteiger charge is 2.23. The Bertz CT molecular complexity index is 985. The van der Waals surface area contributed by atoms with Gasteiger partial charge in [-0.15, -0.1) is 0 Å². The molecule has 1 amide bonds. The van der Waals surface area contributed by atoms with Crippen LogP contribution >= 0.6 is 0 Å². The molecule has 3 aromatic rings. The second-order valence-electron chi connectivity index (χ2n) is 8.39. The van der Waals surface area contributed by atoms with Gasteiger partial charge in [-0.25, -0.2) is 4.68 Å². The van der Waals surface area contributed by atoms with Crippen molar-refractivity contribution < 1.29 is 9.53 Å². The molecule has 1 atom stereocenters. The van der Waals surface area contributed by atoms with Crippen molar-refractivity contribution in [2.75, 3.05) is 32.8 Å². The summed E-state index contributed by atoms with van der Waals surface area (Å²) in [5.74, 6) is 0.483. The molecule has 0 bridgehead atoms. The molecule has 1 aliphatic rings. The molecular weight excluding hydrogens is 388 g/mol. The van der Waals surface area contributed by atoms with Crippen molar-refractivity contribution in [2.45, 2.75) is 20.0 Å². The van der Waals surface area contributed by atoms with E-state index in [2.05, 4.69) is 24.1 Å². The summed E-state index contributed by atoms with van der Waals surface area (Å²) < 4.78 is 7.65. The Morgan fingerprint density at radius 1 is 1.13 bits per heavy atom. The molecule has 2 aromatic carbocycles. The van der Waals surface area contributed by atoms with Crippen LogP contribution in [0.15, 0.2) is 66.9 Å². The molecule has 1 saturated heterocycles. The van der Waals surface area contributed by atoms with Crippen LogP contribution in [0.2, 0.25) is 0 Å². The van der Waals surface area contributed by atoms with Crippen molar-refractivity contribution in [1.29, 1.82) is 0 Å². The summed E-state index contributed by atoms with van der Waals surface area (Å²) in [6.45, 7) is 8.48. The zero-order valence-electron chi connectivity index (χ0n) is 18.2. The lowest BCUT2D eigenvalue weighted by Gasteiger charge is -2.33. The van der Waals surface area contributed by atoms with Gasteiger partial charge in [0.15, 0.2) is 0 Å². The van der Waals surface area contributed by atoms with Crippen LogP contribution in [-0.4, -0.2) is 59.5 Å². The fourth-order valence-corrected chi connectivity index (χ4v) is 3.95. The first-order valence-corrected chi connectivity index (χ1v) is 10.9. The van der Waals surface area contributed by atoms with Crippen molar-refractivity contribution in [3.05, 3.63) is 72.4 Å². The molecule has 1 aliphatic heterocycles. The van der Waals surface area contributed by atoms with Gasteiger partial charge in [0.2, 0.25) is 0 Å². The van der Waals surface area contributed by atoms with Crippen molar-refractivity contribution in [2.24, 2.45) is 5.92 Å². The molecule has 0 aliphatic carbocycles. The molecule has 1 fully saturated rings. The molecular formula is C25H30N4O2. The van der Waals surface area contributed by atoms with Crippen LogP contribution < -0.4 is 5.32 Å². The molecule has 1 N–H and O–H groups in total. The summed E-state index contributed by atoms with van der Waals surface area (Å²) in [5.41, 5.74) is 3.07. The van der Waals surface area contributed by atoms with Gasteiger partial charge in [-0.3, -0.25) is 9.69 Å². The van der Waals surface area contributed by atoms with Gasteiger partial charge in [0.25, 0.3) is 5.91 Å². The molecule has 0 spiro atoms. The summed E-state index contributed by atoms with van der Waals surface area (Å²) in [6.07, 6.45) is 1.81. The number of benzene rings is 2. The van der Waals surface area contributed by atoms with E-state index in [0.717, 1.165) is 30.9 Å². The van der Waals surface area contributed by atoms with E-state index >= 15 is 0 Å². The number of ether oxygens (including phenoxy) is 1. The van der Waals surface area contributed by atoms with Crippen LogP contribution in [0.1, 0.15) is 24.2 Å². The average molecular weight is 419 g/mol. The number of carbonyl (C=O) groups is 1. The molecule has 1 unspecified atom stereocenters. The number of hydrogen-bond donors (Lipinski definition) is 1. The first-order chi connectivity index (χ1) is 15.1. The topological polar surface area (TPSA) is 59.4 Å².